The molecule has 0 radical (unpaired) electrons. The fourth-order valence-electron chi connectivity index (χ4n) is 2.25. The summed E-state index contributed by atoms with van der Waals surface area (Å²) >= 11 is 6.12. The molecule has 4 nitrogen and oxygen atoms in total. The van der Waals surface area contributed by atoms with E-state index >= 15 is 0 Å². The lowest BCUT2D eigenvalue weighted by Gasteiger charge is -2.14. The summed E-state index contributed by atoms with van der Waals surface area (Å²) in [6.45, 7) is 4.45. The first-order valence-electron chi connectivity index (χ1n) is 8.27. The van der Waals surface area contributed by atoms with Crippen LogP contribution in [0.1, 0.15) is 19.8 Å². The molecule has 0 aromatic heterocycles. The molecular formula is C19H25ClN2O2. The van der Waals surface area contributed by atoms with Crippen LogP contribution < -0.4 is 20.1 Å². The zero-order valence-corrected chi connectivity index (χ0v) is 15.0. The highest BCUT2D eigenvalue weighted by Gasteiger charge is 2.03. The van der Waals surface area contributed by atoms with Gasteiger partial charge in [0.1, 0.15) is 11.5 Å². The quantitative estimate of drug-likeness (QED) is 0.589. The Morgan fingerprint density at radius 2 is 1.79 bits per heavy atom. The van der Waals surface area contributed by atoms with E-state index in [0.717, 1.165) is 49.7 Å². The minimum absolute atomic E-state index is 0.602. The smallest absolute Gasteiger partial charge is 0.142 e. The van der Waals surface area contributed by atoms with Gasteiger partial charge in [0.15, 0.2) is 0 Å². The number of hydrogen-bond acceptors (Lipinski definition) is 4. The number of rotatable bonds is 10. The van der Waals surface area contributed by atoms with Crippen molar-refractivity contribution >= 4 is 23.0 Å². The van der Waals surface area contributed by atoms with Gasteiger partial charge in [-0.2, -0.15) is 0 Å². The summed E-state index contributed by atoms with van der Waals surface area (Å²) < 4.78 is 11.0. The van der Waals surface area contributed by atoms with Crippen LogP contribution in [0.3, 0.4) is 0 Å². The third-order valence-electron chi connectivity index (χ3n) is 3.56. The molecule has 0 aliphatic rings. The first-order chi connectivity index (χ1) is 11.7. The zero-order valence-electron chi connectivity index (χ0n) is 14.3. The van der Waals surface area contributed by atoms with Crippen molar-refractivity contribution in [2.45, 2.75) is 19.8 Å². The fraction of sp³-hybridized carbons (Fsp3) is 0.368. The summed E-state index contributed by atoms with van der Waals surface area (Å²) in [5.74, 6) is 1.58. The third-order valence-corrected chi connectivity index (χ3v) is 3.86. The summed E-state index contributed by atoms with van der Waals surface area (Å²) in [5, 5.41) is 7.34. The number of unbranched alkanes of at least 4 members (excludes halogenated alkanes) is 1. The standard InChI is InChI=1S/C19H25ClN2O2/c1-3-4-13-24-19-8-6-5-7-17(19)22-12-11-21-15-9-10-18(23-2)16(20)14-15/h5-10,14,21-22H,3-4,11-13H2,1-2H3. The summed E-state index contributed by atoms with van der Waals surface area (Å²) in [7, 11) is 1.61. The first kappa shape index (κ1) is 18.3. The van der Waals surface area contributed by atoms with Gasteiger partial charge in [-0.15, -0.1) is 0 Å². The van der Waals surface area contributed by atoms with Crippen molar-refractivity contribution in [1.29, 1.82) is 0 Å². The zero-order chi connectivity index (χ0) is 17.2. The van der Waals surface area contributed by atoms with Gasteiger partial charge in [0, 0.05) is 18.8 Å². The maximum Gasteiger partial charge on any atom is 0.142 e. The highest BCUT2D eigenvalue weighted by molar-refractivity contribution is 6.32. The van der Waals surface area contributed by atoms with E-state index in [4.69, 9.17) is 21.1 Å². The van der Waals surface area contributed by atoms with Gasteiger partial charge >= 0.3 is 0 Å². The van der Waals surface area contributed by atoms with Gasteiger partial charge in [-0.3, -0.25) is 0 Å². The molecule has 0 fully saturated rings. The molecule has 0 amide bonds. The summed E-state index contributed by atoms with van der Waals surface area (Å²) in [6.07, 6.45) is 2.19. The molecule has 0 aliphatic heterocycles. The maximum absolute atomic E-state index is 6.12. The average Bonchev–Trinajstić information content (AvgIpc) is 2.60. The maximum atomic E-state index is 6.12. The molecule has 0 atom stereocenters. The van der Waals surface area contributed by atoms with Gasteiger partial charge in [0.2, 0.25) is 0 Å². The normalized spacial score (nSPS) is 10.3. The molecule has 2 rings (SSSR count). The molecule has 2 aromatic rings. The number of methoxy groups -OCH3 is 1. The molecule has 0 aliphatic carbocycles. The number of anilines is 2. The highest BCUT2D eigenvalue weighted by atomic mass is 35.5. The van der Waals surface area contributed by atoms with Crippen LogP contribution >= 0.6 is 11.6 Å². The number of ether oxygens (including phenoxy) is 2. The van der Waals surface area contributed by atoms with E-state index in [9.17, 15) is 0 Å². The minimum Gasteiger partial charge on any atom is -0.495 e. The Morgan fingerprint density at radius 1 is 1.00 bits per heavy atom. The Kier molecular flexibility index (Phi) is 7.56. The fourth-order valence-corrected chi connectivity index (χ4v) is 2.50. The molecule has 5 heteroatoms. The monoisotopic (exact) mass is 348 g/mol. The van der Waals surface area contributed by atoms with E-state index < -0.39 is 0 Å². The largest absolute Gasteiger partial charge is 0.495 e. The second-order valence-corrected chi connectivity index (χ2v) is 5.81. The minimum atomic E-state index is 0.602. The van der Waals surface area contributed by atoms with Crippen molar-refractivity contribution in [1.82, 2.24) is 0 Å². The van der Waals surface area contributed by atoms with Crippen LogP contribution in [-0.2, 0) is 0 Å². The van der Waals surface area contributed by atoms with Crippen molar-refractivity contribution in [3.63, 3.8) is 0 Å². The summed E-state index contributed by atoms with van der Waals surface area (Å²) in [4.78, 5) is 0. The average molecular weight is 349 g/mol. The van der Waals surface area contributed by atoms with Gasteiger partial charge < -0.3 is 20.1 Å². The lowest BCUT2D eigenvalue weighted by Crippen LogP contribution is -2.14. The molecule has 2 aromatic carbocycles. The van der Waals surface area contributed by atoms with Gasteiger partial charge in [-0.1, -0.05) is 37.1 Å². The number of hydrogen-bond donors (Lipinski definition) is 2. The van der Waals surface area contributed by atoms with Crippen molar-refractivity contribution in [3.05, 3.63) is 47.5 Å². The van der Waals surface area contributed by atoms with Crippen LogP contribution in [0.4, 0.5) is 11.4 Å². The van der Waals surface area contributed by atoms with E-state index in [2.05, 4.69) is 17.6 Å². The van der Waals surface area contributed by atoms with Crippen LogP contribution in [0.25, 0.3) is 0 Å². The molecule has 2 N–H and O–H groups in total. The van der Waals surface area contributed by atoms with Crippen molar-refractivity contribution in [2.24, 2.45) is 0 Å². The molecule has 130 valence electrons. The Hall–Kier alpha value is -2.07. The van der Waals surface area contributed by atoms with Crippen molar-refractivity contribution in [3.8, 4) is 11.5 Å². The van der Waals surface area contributed by atoms with Crippen LogP contribution in [0.5, 0.6) is 11.5 Å². The molecule has 0 spiro atoms. The van der Waals surface area contributed by atoms with E-state index in [-0.39, 0.29) is 0 Å². The molecule has 0 saturated carbocycles. The third kappa shape index (κ3) is 5.53. The Bertz CT molecular complexity index is 635. The predicted octanol–water partition coefficient (Wildman–Crippen LogP) is 5.05. The summed E-state index contributed by atoms with van der Waals surface area (Å²) in [5.41, 5.74) is 1.98. The predicted molar refractivity (Wildman–Crippen MR) is 102 cm³/mol. The van der Waals surface area contributed by atoms with E-state index in [1.54, 1.807) is 7.11 Å². The number of nitrogens with one attached hydrogen (secondary N) is 2. The van der Waals surface area contributed by atoms with Gasteiger partial charge in [-0.25, -0.2) is 0 Å². The van der Waals surface area contributed by atoms with Gasteiger partial charge in [0.05, 0.1) is 24.4 Å². The van der Waals surface area contributed by atoms with Crippen LogP contribution in [0.15, 0.2) is 42.5 Å². The Morgan fingerprint density at radius 3 is 2.54 bits per heavy atom. The van der Waals surface area contributed by atoms with Crippen LogP contribution in [-0.4, -0.2) is 26.8 Å². The highest BCUT2D eigenvalue weighted by Crippen LogP contribution is 2.27. The topological polar surface area (TPSA) is 42.5 Å². The van der Waals surface area contributed by atoms with Crippen molar-refractivity contribution < 1.29 is 9.47 Å². The van der Waals surface area contributed by atoms with E-state index in [1.807, 2.05) is 42.5 Å². The number of halogens is 1. The van der Waals surface area contributed by atoms with Crippen LogP contribution in [0.2, 0.25) is 5.02 Å². The van der Waals surface area contributed by atoms with Crippen LogP contribution in [0, 0.1) is 0 Å². The molecular weight excluding hydrogens is 324 g/mol. The molecule has 0 unspecified atom stereocenters. The summed E-state index contributed by atoms with van der Waals surface area (Å²) in [6, 6.07) is 13.7. The molecule has 0 heterocycles. The Balaban J connectivity index is 1.81. The lowest BCUT2D eigenvalue weighted by molar-refractivity contribution is 0.311. The van der Waals surface area contributed by atoms with E-state index in [0.29, 0.717) is 10.8 Å². The van der Waals surface area contributed by atoms with Crippen molar-refractivity contribution in [2.75, 3.05) is 37.4 Å². The second-order valence-electron chi connectivity index (χ2n) is 5.40. The van der Waals surface area contributed by atoms with Gasteiger partial charge in [-0.05, 0) is 36.8 Å². The molecule has 0 saturated heterocycles. The number of para-hydroxylation sites is 2. The number of benzene rings is 2. The second kappa shape index (κ2) is 9.93. The first-order valence-corrected chi connectivity index (χ1v) is 8.65. The molecule has 24 heavy (non-hydrogen) atoms. The Labute approximate surface area is 149 Å². The molecule has 0 bridgehead atoms. The van der Waals surface area contributed by atoms with E-state index in [1.165, 1.54) is 0 Å². The van der Waals surface area contributed by atoms with Gasteiger partial charge in [0.25, 0.3) is 0 Å². The lowest BCUT2D eigenvalue weighted by atomic mass is 10.3. The SMILES string of the molecule is CCCCOc1ccccc1NCCNc1ccc(OC)c(Cl)c1.